The van der Waals surface area contributed by atoms with Crippen molar-refractivity contribution in [3.63, 3.8) is 0 Å². The summed E-state index contributed by atoms with van der Waals surface area (Å²) in [7, 11) is 1.45. The van der Waals surface area contributed by atoms with Gasteiger partial charge in [0.2, 0.25) is 5.91 Å². The Bertz CT molecular complexity index is 563. The number of carbonyl (C=O) groups excluding carboxylic acids is 1. The highest BCUT2D eigenvalue weighted by atomic mass is 16.6. The van der Waals surface area contributed by atoms with Crippen molar-refractivity contribution in [2.24, 2.45) is 0 Å². The first-order valence-electron chi connectivity index (χ1n) is 6.91. The molecule has 21 heavy (non-hydrogen) atoms. The van der Waals surface area contributed by atoms with Gasteiger partial charge in [-0.2, -0.15) is 0 Å². The van der Waals surface area contributed by atoms with Gasteiger partial charge >= 0.3 is 0 Å². The molecule has 0 saturated carbocycles. The topological polar surface area (TPSA) is 72.7 Å². The van der Waals surface area contributed by atoms with Crippen LogP contribution >= 0.6 is 0 Å². The third-order valence-corrected chi connectivity index (χ3v) is 3.51. The Hall–Kier alpha value is -2.37. The van der Waals surface area contributed by atoms with Gasteiger partial charge in [0.25, 0.3) is 5.69 Å². The van der Waals surface area contributed by atoms with E-state index >= 15 is 0 Å². The van der Waals surface area contributed by atoms with Gasteiger partial charge in [0.05, 0.1) is 23.7 Å². The van der Waals surface area contributed by atoms with Crippen LogP contribution in [-0.2, 0) is 4.79 Å². The number of ether oxygens (including phenoxy) is 1. The van der Waals surface area contributed by atoms with Crippen LogP contribution in [0.1, 0.15) is 24.8 Å². The highest BCUT2D eigenvalue weighted by Gasteiger charge is 2.16. The smallest absolute Gasteiger partial charge is 0.280 e. The highest BCUT2D eigenvalue weighted by molar-refractivity contribution is 5.92. The molecule has 1 aromatic carbocycles. The van der Waals surface area contributed by atoms with E-state index in [-0.39, 0.29) is 11.6 Å². The van der Waals surface area contributed by atoms with E-state index in [2.05, 4.69) is 0 Å². The molecule has 1 saturated heterocycles. The van der Waals surface area contributed by atoms with Crippen molar-refractivity contribution in [3.8, 4) is 5.75 Å². The van der Waals surface area contributed by atoms with Crippen LogP contribution in [0.2, 0.25) is 0 Å². The molecular formula is C15H18N2O4. The molecule has 0 radical (unpaired) electrons. The second-order valence-corrected chi connectivity index (χ2v) is 4.90. The molecule has 0 unspecified atom stereocenters. The maximum atomic E-state index is 12.0. The number of likely N-dealkylation sites (tertiary alicyclic amines) is 1. The Morgan fingerprint density at radius 3 is 2.67 bits per heavy atom. The lowest BCUT2D eigenvalue weighted by Crippen LogP contribution is -2.34. The monoisotopic (exact) mass is 290 g/mol. The quantitative estimate of drug-likeness (QED) is 0.485. The molecule has 112 valence electrons. The molecule has 6 heteroatoms. The van der Waals surface area contributed by atoms with Crippen LogP contribution in [0.15, 0.2) is 24.3 Å². The van der Waals surface area contributed by atoms with Gasteiger partial charge in [0, 0.05) is 19.2 Å². The second-order valence-electron chi connectivity index (χ2n) is 4.90. The Balaban J connectivity index is 2.16. The van der Waals surface area contributed by atoms with Gasteiger partial charge in [0.1, 0.15) is 5.75 Å². The average molecular weight is 290 g/mol. The number of amides is 1. The van der Waals surface area contributed by atoms with Crippen LogP contribution in [0.3, 0.4) is 0 Å². The predicted molar refractivity (Wildman–Crippen MR) is 79.1 cm³/mol. The molecule has 0 aromatic heterocycles. The third kappa shape index (κ3) is 3.81. The zero-order valence-corrected chi connectivity index (χ0v) is 11.9. The van der Waals surface area contributed by atoms with Gasteiger partial charge in [-0.15, -0.1) is 0 Å². The van der Waals surface area contributed by atoms with Gasteiger partial charge in [0.15, 0.2) is 0 Å². The molecule has 1 aromatic rings. The van der Waals surface area contributed by atoms with E-state index in [4.69, 9.17) is 4.74 Å². The molecule has 1 fully saturated rings. The molecule has 0 bridgehead atoms. The SMILES string of the molecule is COc1ccc(/C=C/C(=O)N2CCCCC2)c([N+](=O)[O-])c1. The number of hydrogen-bond donors (Lipinski definition) is 0. The lowest BCUT2D eigenvalue weighted by molar-refractivity contribution is -0.385. The number of nitro benzene ring substituents is 1. The molecule has 6 nitrogen and oxygen atoms in total. The van der Waals surface area contributed by atoms with Crippen LogP contribution in [-0.4, -0.2) is 35.9 Å². The fraction of sp³-hybridized carbons (Fsp3) is 0.400. The number of carbonyl (C=O) groups is 1. The minimum atomic E-state index is -0.479. The maximum Gasteiger partial charge on any atom is 0.280 e. The fourth-order valence-electron chi connectivity index (χ4n) is 2.33. The van der Waals surface area contributed by atoms with Crippen molar-refractivity contribution in [1.29, 1.82) is 0 Å². The molecule has 2 rings (SSSR count). The summed E-state index contributed by atoms with van der Waals surface area (Å²) < 4.78 is 4.98. The normalized spacial score (nSPS) is 15.2. The van der Waals surface area contributed by atoms with Gasteiger partial charge in [-0.3, -0.25) is 14.9 Å². The summed E-state index contributed by atoms with van der Waals surface area (Å²) >= 11 is 0. The van der Waals surface area contributed by atoms with Crippen molar-refractivity contribution in [3.05, 3.63) is 40.0 Å². The third-order valence-electron chi connectivity index (χ3n) is 3.51. The number of rotatable bonds is 4. The maximum absolute atomic E-state index is 12.0. The van der Waals surface area contributed by atoms with Gasteiger partial charge in [-0.05, 0) is 37.5 Å². The molecule has 1 amide bonds. The summed E-state index contributed by atoms with van der Waals surface area (Å²) in [4.78, 5) is 24.4. The zero-order chi connectivity index (χ0) is 15.2. The molecule has 0 atom stereocenters. The van der Waals surface area contributed by atoms with E-state index in [0.29, 0.717) is 11.3 Å². The van der Waals surface area contributed by atoms with Crippen LogP contribution in [0.4, 0.5) is 5.69 Å². The van der Waals surface area contributed by atoms with Crippen molar-refractivity contribution >= 4 is 17.7 Å². The van der Waals surface area contributed by atoms with E-state index in [1.165, 1.54) is 25.3 Å². The minimum Gasteiger partial charge on any atom is -0.497 e. The first-order chi connectivity index (χ1) is 10.1. The summed E-state index contributed by atoms with van der Waals surface area (Å²) in [5, 5.41) is 11.1. The van der Waals surface area contributed by atoms with Gasteiger partial charge in [-0.25, -0.2) is 0 Å². The average Bonchev–Trinajstić information content (AvgIpc) is 2.53. The molecule has 0 N–H and O–H groups in total. The Labute approximate surface area is 123 Å². The van der Waals surface area contributed by atoms with Crippen LogP contribution in [0.25, 0.3) is 6.08 Å². The number of piperidine rings is 1. The standard InChI is InChI=1S/C15H18N2O4/c1-21-13-7-5-12(14(11-13)17(19)20)6-8-15(18)16-9-3-2-4-10-16/h5-8,11H,2-4,9-10H2,1H3/b8-6+. The van der Waals surface area contributed by atoms with Crippen molar-refractivity contribution in [1.82, 2.24) is 4.90 Å². The second kappa shape index (κ2) is 6.88. The van der Waals surface area contributed by atoms with E-state index in [0.717, 1.165) is 32.4 Å². The first-order valence-corrected chi connectivity index (χ1v) is 6.91. The van der Waals surface area contributed by atoms with Crippen LogP contribution in [0.5, 0.6) is 5.75 Å². The molecule has 0 spiro atoms. The van der Waals surface area contributed by atoms with E-state index in [1.807, 2.05) is 0 Å². The van der Waals surface area contributed by atoms with Gasteiger partial charge < -0.3 is 9.64 Å². The summed E-state index contributed by atoms with van der Waals surface area (Å²) in [6, 6.07) is 4.57. The molecule has 1 heterocycles. The number of methoxy groups -OCH3 is 1. The highest BCUT2D eigenvalue weighted by Crippen LogP contribution is 2.25. The summed E-state index contributed by atoms with van der Waals surface area (Å²) in [5.74, 6) is 0.320. The Morgan fingerprint density at radius 2 is 2.05 bits per heavy atom. The van der Waals surface area contributed by atoms with Gasteiger partial charge in [-0.1, -0.05) is 0 Å². The molecule has 0 aliphatic carbocycles. The van der Waals surface area contributed by atoms with E-state index in [9.17, 15) is 14.9 Å². The summed E-state index contributed by atoms with van der Waals surface area (Å²) in [6.07, 6.45) is 6.08. The molecule has 1 aliphatic heterocycles. The number of nitro groups is 1. The summed E-state index contributed by atoms with van der Waals surface area (Å²) in [6.45, 7) is 1.52. The lowest BCUT2D eigenvalue weighted by Gasteiger charge is -2.25. The Kier molecular flexibility index (Phi) is 4.92. The zero-order valence-electron chi connectivity index (χ0n) is 11.9. The minimum absolute atomic E-state index is 0.0722. The lowest BCUT2D eigenvalue weighted by atomic mass is 10.1. The number of hydrogen-bond acceptors (Lipinski definition) is 4. The van der Waals surface area contributed by atoms with Crippen molar-refractivity contribution < 1.29 is 14.5 Å². The van der Waals surface area contributed by atoms with Crippen LogP contribution < -0.4 is 4.74 Å². The van der Waals surface area contributed by atoms with E-state index < -0.39 is 4.92 Å². The van der Waals surface area contributed by atoms with Crippen molar-refractivity contribution in [2.45, 2.75) is 19.3 Å². The molecule has 1 aliphatic rings. The first kappa shape index (κ1) is 15.0. The predicted octanol–water partition coefficient (Wildman–Crippen LogP) is 2.63. The fourth-order valence-corrected chi connectivity index (χ4v) is 2.33. The summed E-state index contributed by atoms with van der Waals surface area (Å²) in [5.41, 5.74) is 0.322. The number of nitrogens with zero attached hydrogens (tertiary/aromatic N) is 2. The Morgan fingerprint density at radius 1 is 1.33 bits per heavy atom. The molecular weight excluding hydrogens is 272 g/mol. The number of benzene rings is 1. The van der Waals surface area contributed by atoms with Crippen LogP contribution in [0, 0.1) is 10.1 Å². The van der Waals surface area contributed by atoms with Crippen molar-refractivity contribution in [2.75, 3.05) is 20.2 Å². The van der Waals surface area contributed by atoms with E-state index in [1.54, 1.807) is 17.0 Å². The largest absolute Gasteiger partial charge is 0.497 e.